The average Bonchev–Trinajstić information content (AvgIpc) is 2.36. The molecule has 1 heterocycles. The highest BCUT2D eigenvalue weighted by Gasteiger charge is 2.08. The van der Waals surface area contributed by atoms with Crippen molar-refractivity contribution in [2.24, 2.45) is 0 Å². The second kappa shape index (κ2) is 8.32. The van der Waals surface area contributed by atoms with Crippen molar-refractivity contribution < 1.29 is 4.74 Å². The van der Waals surface area contributed by atoms with E-state index in [1.54, 1.807) is 18.9 Å². The van der Waals surface area contributed by atoms with E-state index in [0.717, 1.165) is 36.1 Å². The van der Waals surface area contributed by atoms with Crippen LogP contribution in [0.25, 0.3) is 0 Å². The molecule has 0 bridgehead atoms. The Balaban J connectivity index is 2.83. The molecule has 18 heavy (non-hydrogen) atoms. The van der Waals surface area contributed by atoms with Crippen LogP contribution in [0.4, 0.5) is 5.82 Å². The summed E-state index contributed by atoms with van der Waals surface area (Å²) >= 11 is 1.78. The van der Waals surface area contributed by atoms with Gasteiger partial charge in [0.15, 0.2) is 5.82 Å². The van der Waals surface area contributed by atoms with Crippen molar-refractivity contribution in [2.75, 3.05) is 19.0 Å². The molecule has 0 aromatic carbocycles. The predicted molar refractivity (Wildman–Crippen MR) is 77.1 cm³/mol. The van der Waals surface area contributed by atoms with E-state index in [1.165, 1.54) is 0 Å². The molecular formula is C13H23N3OS. The van der Waals surface area contributed by atoms with Crippen LogP contribution in [0.3, 0.4) is 0 Å². The molecule has 0 saturated heterocycles. The predicted octanol–water partition coefficient (Wildman–Crippen LogP) is 3.34. The zero-order valence-electron chi connectivity index (χ0n) is 11.7. The lowest BCUT2D eigenvalue weighted by Crippen LogP contribution is -2.07. The molecule has 1 atom stereocenters. The largest absolute Gasteiger partial charge is 0.377 e. The first-order chi connectivity index (χ1) is 8.69. The lowest BCUT2D eigenvalue weighted by Gasteiger charge is -2.11. The fourth-order valence-corrected chi connectivity index (χ4v) is 2.28. The standard InChI is InChI=1S/C13H23N3OS/c1-5-7-14-11-8-13(18-10(3)6-2)16-12(15-11)9-17-4/h8,10H,5-7,9H2,1-4H3,(H,14,15,16). The molecule has 0 fully saturated rings. The second-order valence-corrected chi connectivity index (χ2v) is 5.66. The van der Waals surface area contributed by atoms with Crippen molar-refractivity contribution in [3.05, 3.63) is 11.9 Å². The Morgan fingerprint density at radius 2 is 2.17 bits per heavy atom. The second-order valence-electron chi connectivity index (χ2n) is 4.20. The number of thioether (sulfide) groups is 1. The van der Waals surface area contributed by atoms with Gasteiger partial charge in [-0.3, -0.25) is 0 Å². The van der Waals surface area contributed by atoms with Crippen LogP contribution in [0, 0.1) is 0 Å². The Morgan fingerprint density at radius 3 is 2.78 bits per heavy atom. The maximum atomic E-state index is 5.11. The molecule has 0 aliphatic heterocycles. The van der Waals surface area contributed by atoms with E-state index in [2.05, 4.69) is 36.1 Å². The Bertz CT molecular complexity index is 360. The van der Waals surface area contributed by atoms with Crippen LogP contribution < -0.4 is 5.32 Å². The number of aromatic nitrogens is 2. The van der Waals surface area contributed by atoms with Gasteiger partial charge < -0.3 is 10.1 Å². The molecule has 1 rings (SSSR count). The third kappa shape index (κ3) is 5.23. The first-order valence-electron chi connectivity index (χ1n) is 6.47. The van der Waals surface area contributed by atoms with Gasteiger partial charge in [0.25, 0.3) is 0 Å². The molecule has 0 radical (unpaired) electrons. The number of ether oxygens (including phenoxy) is 1. The molecule has 0 aliphatic carbocycles. The van der Waals surface area contributed by atoms with Crippen molar-refractivity contribution in [3.63, 3.8) is 0 Å². The van der Waals surface area contributed by atoms with Crippen molar-refractivity contribution >= 4 is 17.6 Å². The Hall–Kier alpha value is -0.810. The van der Waals surface area contributed by atoms with E-state index in [1.807, 2.05) is 6.07 Å². The quantitative estimate of drug-likeness (QED) is 0.579. The molecule has 102 valence electrons. The Kier molecular flexibility index (Phi) is 7.05. The van der Waals surface area contributed by atoms with Crippen LogP contribution in [0.5, 0.6) is 0 Å². The molecule has 4 nitrogen and oxygen atoms in total. The average molecular weight is 269 g/mol. The summed E-state index contributed by atoms with van der Waals surface area (Å²) in [6.45, 7) is 7.92. The summed E-state index contributed by atoms with van der Waals surface area (Å²) < 4.78 is 5.11. The SMILES string of the molecule is CCCNc1cc(SC(C)CC)nc(COC)n1. The van der Waals surface area contributed by atoms with Gasteiger partial charge in [-0.1, -0.05) is 20.8 Å². The molecule has 0 aliphatic rings. The molecule has 1 unspecified atom stereocenters. The molecule has 1 aromatic rings. The van der Waals surface area contributed by atoms with E-state index in [9.17, 15) is 0 Å². The Labute approximate surface area is 114 Å². The minimum Gasteiger partial charge on any atom is -0.377 e. The first-order valence-corrected chi connectivity index (χ1v) is 7.35. The summed E-state index contributed by atoms with van der Waals surface area (Å²) in [7, 11) is 1.66. The van der Waals surface area contributed by atoms with Crippen LogP contribution in [-0.2, 0) is 11.3 Å². The number of hydrogen-bond donors (Lipinski definition) is 1. The van der Waals surface area contributed by atoms with Crippen LogP contribution in [-0.4, -0.2) is 28.9 Å². The number of nitrogens with zero attached hydrogens (tertiary/aromatic N) is 2. The highest BCUT2D eigenvalue weighted by Crippen LogP contribution is 2.25. The maximum absolute atomic E-state index is 5.11. The molecule has 5 heteroatoms. The van der Waals surface area contributed by atoms with Crippen LogP contribution in [0.1, 0.15) is 39.4 Å². The zero-order valence-corrected chi connectivity index (χ0v) is 12.5. The van der Waals surface area contributed by atoms with Gasteiger partial charge in [0.2, 0.25) is 0 Å². The van der Waals surface area contributed by atoms with Crippen LogP contribution in [0.15, 0.2) is 11.1 Å². The summed E-state index contributed by atoms with van der Waals surface area (Å²) in [6, 6.07) is 2.02. The van der Waals surface area contributed by atoms with Gasteiger partial charge in [-0.15, -0.1) is 11.8 Å². The Morgan fingerprint density at radius 1 is 1.39 bits per heavy atom. The van der Waals surface area contributed by atoms with Gasteiger partial charge in [-0.05, 0) is 12.8 Å². The van der Waals surface area contributed by atoms with Gasteiger partial charge >= 0.3 is 0 Å². The third-order valence-electron chi connectivity index (χ3n) is 2.48. The summed E-state index contributed by atoms with van der Waals surface area (Å²) in [5.41, 5.74) is 0. The molecule has 0 spiro atoms. The van der Waals surface area contributed by atoms with Crippen molar-refractivity contribution in [1.29, 1.82) is 0 Å². The molecule has 0 amide bonds. The van der Waals surface area contributed by atoms with Gasteiger partial charge in [-0.2, -0.15) is 0 Å². The number of hydrogen-bond acceptors (Lipinski definition) is 5. The zero-order chi connectivity index (χ0) is 13.4. The fourth-order valence-electron chi connectivity index (χ4n) is 1.36. The molecular weight excluding hydrogens is 246 g/mol. The highest BCUT2D eigenvalue weighted by molar-refractivity contribution is 7.99. The van der Waals surface area contributed by atoms with E-state index >= 15 is 0 Å². The number of rotatable bonds is 8. The number of anilines is 1. The topological polar surface area (TPSA) is 47.0 Å². The van der Waals surface area contributed by atoms with Crippen molar-refractivity contribution in [1.82, 2.24) is 9.97 Å². The lowest BCUT2D eigenvalue weighted by atomic mass is 10.4. The van der Waals surface area contributed by atoms with Crippen molar-refractivity contribution in [2.45, 2.75) is 50.5 Å². The highest BCUT2D eigenvalue weighted by atomic mass is 32.2. The van der Waals surface area contributed by atoms with Gasteiger partial charge in [0.1, 0.15) is 17.5 Å². The van der Waals surface area contributed by atoms with E-state index in [-0.39, 0.29) is 0 Å². The minimum absolute atomic E-state index is 0.454. The normalized spacial score (nSPS) is 12.4. The van der Waals surface area contributed by atoms with Gasteiger partial charge in [-0.25, -0.2) is 9.97 Å². The number of nitrogens with one attached hydrogen (secondary N) is 1. The lowest BCUT2D eigenvalue weighted by molar-refractivity contribution is 0.177. The number of methoxy groups -OCH3 is 1. The summed E-state index contributed by atoms with van der Waals surface area (Å²) in [6.07, 6.45) is 2.21. The molecule has 0 saturated carbocycles. The summed E-state index contributed by atoms with van der Waals surface area (Å²) in [5.74, 6) is 1.63. The monoisotopic (exact) mass is 269 g/mol. The fraction of sp³-hybridized carbons (Fsp3) is 0.692. The van der Waals surface area contributed by atoms with E-state index < -0.39 is 0 Å². The molecule has 1 N–H and O–H groups in total. The summed E-state index contributed by atoms with van der Waals surface area (Å²) in [4.78, 5) is 8.94. The van der Waals surface area contributed by atoms with Crippen LogP contribution >= 0.6 is 11.8 Å². The van der Waals surface area contributed by atoms with Crippen molar-refractivity contribution in [3.8, 4) is 0 Å². The molecule has 1 aromatic heterocycles. The first kappa shape index (κ1) is 15.2. The van der Waals surface area contributed by atoms with E-state index in [0.29, 0.717) is 11.9 Å². The minimum atomic E-state index is 0.454. The van der Waals surface area contributed by atoms with Crippen LogP contribution in [0.2, 0.25) is 0 Å². The van der Waals surface area contributed by atoms with E-state index in [4.69, 9.17) is 4.74 Å². The smallest absolute Gasteiger partial charge is 0.157 e. The van der Waals surface area contributed by atoms with Gasteiger partial charge in [0, 0.05) is 25.0 Å². The summed E-state index contributed by atoms with van der Waals surface area (Å²) in [5, 5.41) is 4.89. The third-order valence-corrected chi connectivity index (χ3v) is 3.66. The maximum Gasteiger partial charge on any atom is 0.157 e. The van der Waals surface area contributed by atoms with Gasteiger partial charge in [0.05, 0.1) is 0 Å².